The molecule has 0 radical (unpaired) electrons. The highest BCUT2D eigenvalue weighted by Gasteiger charge is 2.35. The number of rotatable bonds is 4. The van der Waals surface area contributed by atoms with Gasteiger partial charge in [0.2, 0.25) is 0 Å². The molecule has 1 aliphatic heterocycles. The second kappa shape index (κ2) is 8.98. The Bertz CT molecular complexity index is 848. The topological polar surface area (TPSA) is 58.6 Å². The molecule has 29 heavy (non-hydrogen) atoms. The van der Waals surface area contributed by atoms with Crippen LogP contribution in [0.25, 0.3) is 0 Å². The predicted octanol–water partition coefficient (Wildman–Crippen LogP) is 4.35. The summed E-state index contributed by atoms with van der Waals surface area (Å²) >= 11 is 0. The summed E-state index contributed by atoms with van der Waals surface area (Å²) in [5, 5.41) is 2.59. The summed E-state index contributed by atoms with van der Waals surface area (Å²) in [5.41, 5.74) is -1.33. The third kappa shape index (κ3) is 5.49. The predicted molar refractivity (Wildman–Crippen MR) is 101 cm³/mol. The number of nitrogens with one attached hydrogen (secondary N) is 1. The van der Waals surface area contributed by atoms with Crippen molar-refractivity contribution in [2.75, 3.05) is 19.6 Å². The standard InChI is InChI=1S/C21H21F3N2O3/c22-21(23,24)18-9-5-4-8-17(18)19(27)25-14-15-10-12-26(13-11-15)20(28)29-16-6-2-1-3-7-16/h1-9,15H,10-14H2,(H,25,27). The van der Waals surface area contributed by atoms with Crippen molar-refractivity contribution in [1.82, 2.24) is 10.2 Å². The van der Waals surface area contributed by atoms with Gasteiger partial charge in [0.05, 0.1) is 11.1 Å². The lowest BCUT2D eigenvalue weighted by Gasteiger charge is -2.31. The van der Waals surface area contributed by atoms with Crippen molar-refractivity contribution in [2.24, 2.45) is 5.92 Å². The normalized spacial score (nSPS) is 15.1. The van der Waals surface area contributed by atoms with E-state index in [2.05, 4.69) is 5.32 Å². The molecule has 0 aliphatic carbocycles. The maximum atomic E-state index is 13.0. The highest BCUT2D eigenvalue weighted by atomic mass is 19.4. The third-order valence-electron chi connectivity index (χ3n) is 4.85. The Balaban J connectivity index is 1.48. The van der Waals surface area contributed by atoms with E-state index in [-0.39, 0.29) is 18.0 Å². The zero-order valence-electron chi connectivity index (χ0n) is 15.6. The molecule has 0 saturated carbocycles. The molecule has 0 unspecified atom stereocenters. The Labute approximate surface area is 166 Å². The molecule has 2 aromatic carbocycles. The van der Waals surface area contributed by atoms with Crippen LogP contribution in [0.15, 0.2) is 54.6 Å². The number of hydrogen-bond donors (Lipinski definition) is 1. The summed E-state index contributed by atoms with van der Waals surface area (Å²) in [4.78, 5) is 26.0. The van der Waals surface area contributed by atoms with Crippen LogP contribution in [0.3, 0.4) is 0 Å². The average Bonchev–Trinajstić information content (AvgIpc) is 2.72. The first-order valence-corrected chi connectivity index (χ1v) is 9.31. The molecule has 1 heterocycles. The average molecular weight is 406 g/mol. The van der Waals surface area contributed by atoms with Gasteiger partial charge in [0.25, 0.3) is 5.91 Å². The highest BCUT2D eigenvalue weighted by molar-refractivity contribution is 5.95. The number of carbonyl (C=O) groups excluding carboxylic acids is 2. The van der Waals surface area contributed by atoms with Crippen molar-refractivity contribution in [1.29, 1.82) is 0 Å². The van der Waals surface area contributed by atoms with Crippen LogP contribution in [0.4, 0.5) is 18.0 Å². The van der Waals surface area contributed by atoms with E-state index in [1.54, 1.807) is 29.2 Å². The number of alkyl halides is 3. The first-order valence-electron chi connectivity index (χ1n) is 9.31. The minimum atomic E-state index is -4.58. The lowest BCUT2D eigenvalue weighted by molar-refractivity contribution is -0.137. The molecule has 0 aromatic heterocycles. The van der Waals surface area contributed by atoms with Crippen molar-refractivity contribution in [3.63, 3.8) is 0 Å². The molecular formula is C21H21F3N2O3. The van der Waals surface area contributed by atoms with Crippen molar-refractivity contribution in [2.45, 2.75) is 19.0 Å². The zero-order valence-corrected chi connectivity index (χ0v) is 15.6. The summed E-state index contributed by atoms with van der Waals surface area (Å²) in [6.07, 6.45) is -3.76. The van der Waals surface area contributed by atoms with Gasteiger partial charge in [-0.1, -0.05) is 30.3 Å². The van der Waals surface area contributed by atoms with E-state index in [9.17, 15) is 22.8 Å². The largest absolute Gasteiger partial charge is 0.417 e. The maximum absolute atomic E-state index is 13.0. The van der Waals surface area contributed by atoms with E-state index < -0.39 is 23.7 Å². The van der Waals surface area contributed by atoms with E-state index in [0.29, 0.717) is 31.7 Å². The molecule has 2 aromatic rings. The number of nitrogens with zero attached hydrogens (tertiary/aromatic N) is 1. The van der Waals surface area contributed by atoms with Crippen LogP contribution in [0.1, 0.15) is 28.8 Å². The number of amides is 2. The van der Waals surface area contributed by atoms with Gasteiger partial charge >= 0.3 is 12.3 Å². The number of hydrogen-bond acceptors (Lipinski definition) is 3. The van der Waals surface area contributed by atoms with Crippen LogP contribution in [0, 0.1) is 5.92 Å². The number of likely N-dealkylation sites (tertiary alicyclic amines) is 1. The maximum Gasteiger partial charge on any atom is 0.417 e. The van der Waals surface area contributed by atoms with Crippen LogP contribution in [0.2, 0.25) is 0 Å². The fourth-order valence-electron chi connectivity index (χ4n) is 3.23. The quantitative estimate of drug-likeness (QED) is 0.822. The van der Waals surface area contributed by atoms with Crippen molar-refractivity contribution in [3.8, 4) is 5.75 Å². The lowest BCUT2D eigenvalue weighted by Crippen LogP contribution is -2.42. The number of benzene rings is 2. The van der Waals surface area contributed by atoms with Gasteiger partial charge < -0.3 is 15.0 Å². The van der Waals surface area contributed by atoms with E-state index in [0.717, 1.165) is 6.07 Å². The zero-order chi connectivity index (χ0) is 20.9. The molecule has 5 nitrogen and oxygen atoms in total. The Morgan fingerprint density at radius 2 is 1.62 bits per heavy atom. The number of piperidine rings is 1. The number of halogens is 3. The number of carbonyl (C=O) groups is 2. The molecule has 0 atom stereocenters. The van der Waals surface area contributed by atoms with Gasteiger partial charge in [0.15, 0.2) is 0 Å². The smallest absolute Gasteiger partial charge is 0.410 e. The van der Waals surface area contributed by atoms with Gasteiger partial charge in [-0.15, -0.1) is 0 Å². The second-order valence-corrected chi connectivity index (χ2v) is 6.86. The summed E-state index contributed by atoms with van der Waals surface area (Å²) in [7, 11) is 0. The van der Waals surface area contributed by atoms with Crippen LogP contribution in [-0.2, 0) is 6.18 Å². The number of para-hydroxylation sites is 1. The van der Waals surface area contributed by atoms with Crippen LogP contribution >= 0.6 is 0 Å². The van der Waals surface area contributed by atoms with Gasteiger partial charge in [0.1, 0.15) is 5.75 Å². The second-order valence-electron chi connectivity index (χ2n) is 6.86. The SMILES string of the molecule is O=C(NCC1CCN(C(=O)Oc2ccccc2)CC1)c1ccccc1C(F)(F)F. The molecule has 1 N–H and O–H groups in total. The minimum absolute atomic E-state index is 0.0813. The first-order chi connectivity index (χ1) is 13.8. The van der Waals surface area contributed by atoms with Crippen molar-refractivity contribution >= 4 is 12.0 Å². The molecular weight excluding hydrogens is 385 g/mol. The molecule has 154 valence electrons. The molecule has 3 rings (SSSR count). The van der Waals surface area contributed by atoms with Crippen LogP contribution < -0.4 is 10.1 Å². The molecule has 1 saturated heterocycles. The van der Waals surface area contributed by atoms with Crippen molar-refractivity contribution in [3.05, 3.63) is 65.7 Å². The van der Waals surface area contributed by atoms with Crippen LogP contribution in [-0.4, -0.2) is 36.5 Å². The molecule has 1 fully saturated rings. The van der Waals surface area contributed by atoms with Gasteiger partial charge in [-0.3, -0.25) is 4.79 Å². The van der Waals surface area contributed by atoms with Gasteiger partial charge in [-0.05, 0) is 43.0 Å². The third-order valence-corrected chi connectivity index (χ3v) is 4.85. The Hall–Kier alpha value is -3.03. The van der Waals surface area contributed by atoms with Gasteiger partial charge in [-0.2, -0.15) is 13.2 Å². The molecule has 8 heteroatoms. The summed E-state index contributed by atoms with van der Waals surface area (Å²) in [6.45, 7) is 1.18. The van der Waals surface area contributed by atoms with Gasteiger partial charge in [0, 0.05) is 19.6 Å². The molecule has 0 bridgehead atoms. The fraction of sp³-hybridized carbons (Fsp3) is 0.333. The lowest BCUT2D eigenvalue weighted by atomic mass is 9.96. The molecule has 0 spiro atoms. The Kier molecular flexibility index (Phi) is 6.41. The Morgan fingerprint density at radius 1 is 1.00 bits per heavy atom. The fourth-order valence-corrected chi connectivity index (χ4v) is 3.23. The molecule has 1 aliphatic rings. The monoisotopic (exact) mass is 406 g/mol. The van der Waals surface area contributed by atoms with E-state index >= 15 is 0 Å². The van der Waals surface area contributed by atoms with E-state index in [1.165, 1.54) is 18.2 Å². The first kappa shape index (κ1) is 20.7. The minimum Gasteiger partial charge on any atom is -0.410 e. The summed E-state index contributed by atoms with van der Waals surface area (Å²) in [6, 6.07) is 13.5. The van der Waals surface area contributed by atoms with Gasteiger partial charge in [-0.25, -0.2) is 4.79 Å². The van der Waals surface area contributed by atoms with Crippen molar-refractivity contribution < 1.29 is 27.5 Å². The Morgan fingerprint density at radius 3 is 2.28 bits per heavy atom. The van der Waals surface area contributed by atoms with Crippen LogP contribution in [0.5, 0.6) is 5.75 Å². The number of ether oxygens (including phenoxy) is 1. The summed E-state index contributed by atoms with van der Waals surface area (Å²) in [5.74, 6) is -0.197. The van der Waals surface area contributed by atoms with E-state index in [4.69, 9.17) is 4.74 Å². The summed E-state index contributed by atoms with van der Waals surface area (Å²) < 4.78 is 44.4. The van der Waals surface area contributed by atoms with E-state index in [1.807, 2.05) is 6.07 Å². The molecule has 2 amide bonds. The highest BCUT2D eigenvalue weighted by Crippen LogP contribution is 2.31.